The van der Waals surface area contributed by atoms with Gasteiger partial charge in [0.25, 0.3) is 6.43 Å². The molecule has 0 bridgehead atoms. The van der Waals surface area contributed by atoms with E-state index in [9.17, 15) is 13.6 Å². The van der Waals surface area contributed by atoms with Crippen LogP contribution >= 0.6 is 11.6 Å². The van der Waals surface area contributed by atoms with Gasteiger partial charge in [-0.3, -0.25) is 4.79 Å². The first-order valence-corrected chi connectivity index (χ1v) is 5.93. The molecule has 0 unspecified atom stereocenters. The lowest BCUT2D eigenvalue weighted by Crippen LogP contribution is -2.00. The maximum absolute atomic E-state index is 12.8. The van der Waals surface area contributed by atoms with Crippen molar-refractivity contribution in [2.45, 2.75) is 20.3 Å². The molecule has 19 heavy (non-hydrogen) atoms. The predicted octanol–water partition coefficient (Wildman–Crippen LogP) is 3.89. The minimum absolute atomic E-state index is 0.0981. The van der Waals surface area contributed by atoms with Gasteiger partial charge in [0.1, 0.15) is 10.8 Å². The Balaban J connectivity index is 2.69. The van der Waals surface area contributed by atoms with Gasteiger partial charge in [-0.2, -0.15) is 5.10 Å². The second kappa shape index (κ2) is 5.09. The second-order valence-corrected chi connectivity index (χ2v) is 4.57. The highest BCUT2D eigenvalue weighted by molar-refractivity contribution is 6.32. The summed E-state index contributed by atoms with van der Waals surface area (Å²) in [6.07, 6.45) is -2.54. The maximum Gasteiger partial charge on any atom is 0.282 e. The van der Waals surface area contributed by atoms with Gasteiger partial charge >= 0.3 is 0 Å². The molecule has 2 rings (SSSR count). The first-order chi connectivity index (χ1) is 8.95. The SMILES string of the molecule is Cc1ccc(C)c(-n2nc(C(F)F)c(C=O)c2Cl)c1. The quantitative estimate of drug-likeness (QED) is 0.801. The molecule has 0 aliphatic rings. The number of benzene rings is 1. The van der Waals surface area contributed by atoms with E-state index in [4.69, 9.17) is 11.6 Å². The van der Waals surface area contributed by atoms with Gasteiger partial charge < -0.3 is 0 Å². The minimum Gasteiger partial charge on any atom is -0.298 e. The van der Waals surface area contributed by atoms with E-state index in [0.717, 1.165) is 11.1 Å². The average Bonchev–Trinajstić information content (AvgIpc) is 2.69. The molecule has 0 aliphatic carbocycles. The minimum atomic E-state index is -2.84. The number of alkyl halides is 2. The molecule has 0 radical (unpaired) electrons. The largest absolute Gasteiger partial charge is 0.298 e. The zero-order valence-corrected chi connectivity index (χ0v) is 11.1. The molecule has 1 aromatic heterocycles. The van der Waals surface area contributed by atoms with Crippen molar-refractivity contribution in [2.24, 2.45) is 0 Å². The van der Waals surface area contributed by atoms with E-state index < -0.39 is 12.1 Å². The van der Waals surface area contributed by atoms with Gasteiger partial charge in [-0.25, -0.2) is 13.5 Å². The summed E-state index contributed by atoms with van der Waals surface area (Å²) in [5.74, 6) is 0. The zero-order valence-electron chi connectivity index (χ0n) is 10.3. The number of rotatable bonds is 3. The third kappa shape index (κ3) is 2.38. The number of hydrogen-bond acceptors (Lipinski definition) is 2. The van der Waals surface area contributed by atoms with Crippen LogP contribution in [0.3, 0.4) is 0 Å². The van der Waals surface area contributed by atoms with Crippen molar-refractivity contribution in [1.82, 2.24) is 9.78 Å². The highest BCUT2D eigenvalue weighted by atomic mass is 35.5. The summed E-state index contributed by atoms with van der Waals surface area (Å²) in [6, 6.07) is 5.51. The Labute approximate surface area is 113 Å². The van der Waals surface area contributed by atoms with Crippen molar-refractivity contribution in [2.75, 3.05) is 0 Å². The lowest BCUT2D eigenvalue weighted by atomic mass is 10.1. The molecule has 0 fully saturated rings. The number of hydrogen-bond donors (Lipinski definition) is 0. The van der Waals surface area contributed by atoms with E-state index in [1.165, 1.54) is 4.68 Å². The smallest absolute Gasteiger partial charge is 0.282 e. The van der Waals surface area contributed by atoms with E-state index in [0.29, 0.717) is 12.0 Å². The molecule has 100 valence electrons. The molecule has 0 spiro atoms. The van der Waals surface area contributed by atoms with Crippen molar-refractivity contribution in [3.63, 3.8) is 0 Å². The first-order valence-electron chi connectivity index (χ1n) is 5.55. The Kier molecular flexibility index (Phi) is 3.66. The fourth-order valence-electron chi connectivity index (χ4n) is 1.80. The highest BCUT2D eigenvalue weighted by Crippen LogP contribution is 2.29. The molecular weight excluding hydrogens is 274 g/mol. The summed E-state index contributed by atoms with van der Waals surface area (Å²) >= 11 is 5.97. The molecule has 1 aromatic carbocycles. The van der Waals surface area contributed by atoms with Crippen LogP contribution in [0.5, 0.6) is 0 Å². The standard InChI is InChI=1S/C13H11ClF2N2O/c1-7-3-4-8(2)10(5-7)18-12(14)9(6-19)11(17-18)13(15)16/h3-6,13H,1-2H3. The van der Waals surface area contributed by atoms with Crippen LogP contribution in [-0.2, 0) is 0 Å². The number of halogens is 3. The zero-order chi connectivity index (χ0) is 14.2. The molecule has 0 atom stereocenters. The van der Waals surface area contributed by atoms with Crippen LogP contribution in [0.1, 0.15) is 33.6 Å². The Morgan fingerprint density at radius 3 is 2.58 bits per heavy atom. The summed E-state index contributed by atoms with van der Waals surface area (Å²) < 4.78 is 26.8. The van der Waals surface area contributed by atoms with Crippen LogP contribution in [0.15, 0.2) is 18.2 Å². The van der Waals surface area contributed by atoms with E-state index in [1.807, 2.05) is 26.0 Å². The fraction of sp³-hybridized carbons (Fsp3) is 0.231. The van der Waals surface area contributed by atoms with E-state index in [-0.39, 0.29) is 10.7 Å². The Morgan fingerprint density at radius 2 is 2.05 bits per heavy atom. The van der Waals surface area contributed by atoms with E-state index >= 15 is 0 Å². The lowest BCUT2D eigenvalue weighted by Gasteiger charge is -2.08. The summed E-state index contributed by atoms with van der Waals surface area (Å²) in [6.45, 7) is 3.68. The van der Waals surface area contributed by atoms with Crippen molar-refractivity contribution in [3.05, 3.63) is 45.7 Å². The van der Waals surface area contributed by atoms with Crippen LogP contribution in [0.4, 0.5) is 8.78 Å². The molecule has 0 saturated heterocycles. The predicted molar refractivity (Wildman–Crippen MR) is 68.4 cm³/mol. The third-order valence-corrected chi connectivity index (χ3v) is 3.17. The first kappa shape index (κ1) is 13.7. The average molecular weight is 285 g/mol. The Hall–Kier alpha value is -1.75. The van der Waals surface area contributed by atoms with Gasteiger partial charge in [-0.15, -0.1) is 0 Å². The third-order valence-electron chi connectivity index (χ3n) is 2.81. The van der Waals surface area contributed by atoms with Gasteiger partial charge in [0.15, 0.2) is 6.29 Å². The molecule has 6 heteroatoms. The number of nitrogens with zero attached hydrogens (tertiary/aromatic N) is 2. The van der Waals surface area contributed by atoms with Gasteiger partial charge in [0, 0.05) is 0 Å². The van der Waals surface area contributed by atoms with Crippen molar-refractivity contribution in [1.29, 1.82) is 0 Å². The van der Waals surface area contributed by atoms with Crippen LogP contribution in [0, 0.1) is 13.8 Å². The number of aldehydes is 1. The van der Waals surface area contributed by atoms with Gasteiger partial charge in [0.05, 0.1) is 11.3 Å². The van der Waals surface area contributed by atoms with Gasteiger partial charge in [-0.05, 0) is 31.0 Å². The normalized spacial score (nSPS) is 11.1. The molecule has 0 amide bonds. The van der Waals surface area contributed by atoms with Gasteiger partial charge in [0.2, 0.25) is 0 Å². The number of carbonyl (C=O) groups excluding carboxylic acids is 1. The molecule has 0 aliphatic heterocycles. The van der Waals surface area contributed by atoms with Crippen molar-refractivity contribution < 1.29 is 13.6 Å². The molecular formula is C13H11ClF2N2O. The van der Waals surface area contributed by atoms with E-state index in [1.54, 1.807) is 6.07 Å². The number of carbonyl (C=O) groups is 1. The van der Waals surface area contributed by atoms with Gasteiger partial charge in [-0.1, -0.05) is 23.7 Å². The monoisotopic (exact) mass is 284 g/mol. The Bertz CT molecular complexity index is 638. The summed E-state index contributed by atoms with van der Waals surface area (Å²) in [7, 11) is 0. The number of aryl methyl sites for hydroxylation is 2. The topological polar surface area (TPSA) is 34.9 Å². The molecule has 1 heterocycles. The molecule has 0 saturated carbocycles. The molecule has 0 N–H and O–H groups in total. The second-order valence-electron chi connectivity index (χ2n) is 4.21. The van der Waals surface area contributed by atoms with Crippen LogP contribution in [-0.4, -0.2) is 16.1 Å². The summed E-state index contributed by atoms with van der Waals surface area (Å²) in [4.78, 5) is 10.9. The van der Waals surface area contributed by atoms with Crippen molar-refractivity contribution in [3.8, 4) is 5.69 Å². The molecule has 3 nitrogen and oxygen atoms in total. The van der Waals surface area contributed by atoms with Crippen LogP contribution in [0.25, 0.3) is 5.69 Å². The van der Waals surface area contributed by atoms with Crippen molar-refractivity contribution >= 4 is 17.9 Å². The van der Waals surface area contributed by atoms with E-state index in [2.05, 4.69) is 5.10 Å². The Morgan fingerprint density at radius 1 is 1.37 bits per heavy atom. The highest BCUT2D eigenvalue weighted by Gasteiger charge is 2.23. The summed E-state index contributed by atoms with van der Waals surface area (Å²) in [5.41, 5.74) is 1.49. The van der Waals surface area contributed by atoms with Crippen LogP contribution in [0.2, 0.25) is 5.15 Å². The number of aromatic nitrogens is 2. The maximum atomic E-state index is 12.8. The fourth-order valence-corrected chi connectivity index (χ4v) is 2.07. The summed E-state index contributed by atoms with van der Waals surface area (Å²) in [5, 5.41) is 3.66. The van der Waals surface area contributed by atoms with Crippen LogP contribution < -0.4 is 0 Å². The molecule has 2 aromatic rings. The lowest BCUT2D eigenvalue weighted by molar-refractivity contribution is 0.110.